The van der Waals surface area contributed by atoms with Gasteiger partial charge in [-0.05, 0) is 40.0 Å². The fourth-order valence-electron chi connectivity index (χ4n) is 3.24. The molecule has 0 saturated carbocycles. The van der Waals surface area contributed by atoms with Crippen molar-refractivity contribution in [2.75, 3.05) is 0 Å². The molecule has 3 aromatic rings. The summed E-state index contributed by atoms with van der Waals surface area (Å²) < 4.78 is 5.62. The van der Waals surface area contributed by atoms with Crippen LogP contribution in [0.25, 0.3) is 22.4 Å². The largest absolute Gasteiger partial charge is 0.480 e. The van der Waals surface area contributed by atoms with Gasteiger partial charge in [0.15, 0.2) is 0 Å². The average molecular weight is 316 g/mol. The number of hydrogen-bond donors (Lipinski definition) is 0. The molecule has 23 heavy (non-hydrogen) atoms. The van der Waals surface area contributed by atoms with Gasteiger partial charge in [-0.15, -0.1) is 0 Å². The van der Waals surface area contributed by atoms with Gasteiger partial charge in [-0.25, -0.2) is 0 Å². The molecule has 0 heterocycles. The third-order valence-corrected chi connectivity index (χ3v) is 4.55. The van der Waals surface area contributed by atoms with Gasteiger partial charge in [0.05, 0.1) is 9.47 Å². The first kappa shape index (κ1) is 14.2. The number of fused-ring (bicyclic) bond motifs is 2. The molecule has 0 radical (unpaired) electrons. The highest BCUT2D eigenvalue weighted by atomic mass is 31.0. The molecule has 112 valence electrons. The van der Waals surface area contributed by atoms with Crippen LogP contribution >= 0.6 is 9.47 Å². The first-order chi connectivity index (χ1) is 11.4. The Hall–Kier alpha value is -2.37. The molecule has 4 rings (SSSR count). The molecule has 0 fully saturated rings. The van der Waals surface area contributed by atoms with E-state index in [1.54, 1.807) is 0 Å². The van der Waals surface area contributed by atoms with Crippen molar-refractivity contribution < 1.29 is 4.52 Å². The number of benzene rings is 3. The van der Waals surface area contributed by atoms with Gasteiger partial charge in [0.25, 0.3) is 0 Å². The van der Waals surface area contributed by atoms with Gasteiger partial charge in [0.1, 0.15) is 5.75 Å². The van der Waals surface area contributed by atoms with E-state index < -0.39 is 0 Å². The van der Waals surface area contributed by atoms with E-state index in [9.17, 15) is 0 Å². The lowest BCUT2D eigenvalue weighted by atomic mass is 9.90. The first-order valence-corrected chi connectivity index (χ1v) is 8.20. The average Bonchev–Trinajstić information content (AvgIpc) is 2.83. The normalized spacial score (nSPS) is 13.3. The van der Waals surface area contributed by atoms with Gasteiger partial charge in [0, 0.05) is 5.56 Å². The van der Waals surface area contributed by atoms with Crippen LogP contribution in [0.1, 0.15) is 23.1 Å². The Morgan fingerprint density at radius 1 is 0.870 bits per heavy atom. The molecule has 0 bridgehead atoms. The van der Waals surface area contributed by atoms with Crippen LogP contribution < -0.4 is 4.52 Å². The summed E-state index contributed by atoms with van der Waals surface area (Å²) >= 11 is 0. The van der Waals surface area contributed by atoms with Crippen LogP contribution in [0.5, 0.6) is 5.75 Å². The Bertz CT molecular complexity index is 937. The molecule has 0 amide bonds. The third-order valence-electron chi connectivity index (χ3n) is 4.29. The molecule has 0 N–H and O–H groups in total. The molecule has 0 aliphatic heterocycles. The zero-order valence-electron chi connectivity index (χ0n) is 12.7. The highest BCUT2D eigenvalue weighted by molar-refractivity contribution is 7.10. The lowest BCUT2D eigenvalue weighted by molar-refractivity contribution is 0.645. The van der Waals surface area contributed by atoms with E-state index in [4.69, 9.17) is 4.52 Å². The van der Waals surface area contributed by atoms with Crippen LogP contribution in [0.4, 0.5) is 0 Å². The molecule has 1 aliphatic carbocycles. The van der Waals surface area contributed by atoms with Crippen LogP contribution in [0, 0.1) is 0 Å². The van der Waals surface area contributed by atoms with E-state index >= 15 is 0 Å². The minimum atomic E-state index is 0.886. The molecule has 1 nitrogen and oxygen atoms in total. The summed E-state index contributed by atoms with van der Waals surface area (Å²) in [6.45, 7) is 0. The second-order valence-corrected chi connectivity index (χ2v) is 5.86. The Balaban J connectivity index is 2.05. The summed E-state index contributed by atoms with van der Waals surface area (Å²) in [7, 11) is 2.38. The summed E-state index contributed by atoms with van der Waals surface area (Å²) in [5.74, 6) is 0.886. The Morgan fingerprint density at radius 2 is 1.70 bits per heavy atom. The summed E-state index contributed by atoms with van der Waals surface area (Å²) in [5.41, 5.74) is 4.90. The van der Waals surface area contributed by atoms with Crippen LogP contribution in [-0.2, 0) is 0 Å². The lowest BCUT2D eigenvalue weighted by Gasteiger charge is -2.16. The fourth-order valence-corrected chi connectivity index (χ4v) is 3.44. The molecule has 0 spiro atoms. The van der Waals surface area contributed by atoms with Crippen LogP contribution in [0.15, 0.2) is 72.8 Å². The molecule has 1 unspecified atom stereocenters. The van der Waals surface area contributed by atoms with Crippen LogP contribution in [0.2, 0.25) is 0 Å². The summed E-state index contributed by atoms with van der Waals surface area (Å²) in [4.78, 5) is 0. The summed E-state index contributed by atoms with van der Waals surface area (Å²) in [6.07, 6.45) is 7.62. The van der Waals surface area contributed by atoms with E-state index in [0.717, 1.165) is 17.7 Å². The SMILES string of the molecule is POc1ccc2ccccc2c1C1=CCC=Cc2ccccc21. The van der Waals surface area contributed by atoms with E-state index in [-0.39, 0.29) is 0 Å². The number of rotatable bonds is 2. The van der Waals surface area contributed by atoms with E-state index in [2.05, 4.69) is 82.3 Å². The maximum atomic E-state index is 5.62. The minimum absolute atomic E-state index is 0.886. The van der Waals surface area contributed by atoms with Crippen molar-refractivity contribution in [1.29, 1.82) is 0 Å². The van der Waals surface area contributed by atoms with E-state index in [1.807, 2.05) is 6.07 Å². The Kier molecular flexibility index (Phi) is 3.73. The van der Waals surface area contributed by atoms with Gasteiger partial charge in [-0.2, -0.15) is 0 Å². The standard InChI is InChI=1S/C21H17OP/c23-22-20-14-13-16-9-2-5-11-18(16)21(20)19-12-6-3-8-15-7-1-4-10-17(15)19/h1-5,7-14H,6,23H2. The molecule has 0 aromatic heterocycles. The van der Waals surface area contributed by atoms with Crippen molar-refractivity contribution in [2.45, 2.75) is 6.42 Å². The number of allylic oxidation sites excluding steroid dienone is 2. The van der Waals surface area contributed by atoms with Crippen molar-refractivity contribution in [3.63, 3.8) is 0 Å². The van der Waals surface area contributed by atoms with E-state index in [0.29, 0.717) is 0 Å². The number of hydrogen-bond acceptors (Lipinski definition) is 1. The first-order valence-electron chi connectivity index (χ1n) is 7.73. The lowest BCUT2D eigenvalue weighted by Crippen LogP contribution is -1.95. The molecular weight excluding hydrogens is 299 g/mol. The zero-order chi connectivity index (χ0) is 15.6. The zero-order valence-corrected chi connectivity index (χ0v) is 13.9. The topological polar surface area (TPSA) is 9.23 Å². The molecule has 3 aromatic carbocycles. The Morgan fingerprint density at radius 3 is 2.61 bits per heavy atom. The maximum Gasteiger partial charge on any atom is 0.130 e. The van der Waals surface area contributed by atoms with Crippen molar-refractivity contribution in [3.8, 4) is 5.75 Å². The van der Waals surface area contributed by atoms with Crippen molar-refractivity contribution in [3.05, 3.63) is 89.5 Å². The highest BCUT2D eigenvalue weighted by Crippen LogP contribution is 2.40. The van der Waals surface area contributed by atoms with Gasteiger partial charge < -0.3 is 4.52 Å². The van der Waals surface area contributed by atoms with Crippen LogP contribution in [-0.4, -0.2) is 0 Å². The van der Waals surface area contributed by atoms with Crippen molar-refractivity contribution in [2.24, 2.45) is 0 Å². The molecular formula is C21H17OP. The Labute approximate surface area is 138 Å². The van der Waals surface area contributed by atoms with Gasteiger partial charge in [-0.1, -0.05) is 72.8 Å². The predicted octanol–water partition coefficient (Wildman–Crippen LogP) is 5.86. The summed E-state index contributed by atoms with van der Waals surface area (Å²) in [5, 5.41) is 2.44. The third kappa shape index (κ3) is 2.48. The second-order valence-electron chi connectivity index (χ2n) is 5.62. The second kappa shape index (κ2) is 6.02. The molecule has 0 saturated heterocycles. The van der Waals surface area contributed by atoms with Crippen molar-refractivity contribution in [1.82, 2.24) is 0 Å². The predicted molar refractivity (Wildman–Crippen MR) is 101 cm³/mol. The van der Waals surface area contributed by atoms with Crippen molar-refractivity contribution >= 4 is 31.9 Å². The molecule has 2 heteroatoms. The van der Waals surface area contributed by atoms with Gasteiger partial charge >= 0.3 is 0 Å². The monoisotopic (exact) mass is 316 g/mol. The van der Waals surface area contributed by atoms with Gasteiger partial charge in [-0.3, -0.25) is 0 Å². The van der Waals surface area contributed by atoms with Gasteiger partial charge in [0.2, 0.25) is 0 Å². The maximum absolute atomic E-state index is 5.62. The molecule has 1 atom stereocenters. The highest BCUT2D eigenvalue weighted by Gasteiger charge is 2.17. The fraction of sp³-hybridized carbons (Fsp3) is 0.0476. The smallest absolute Gasteiger partial charge is 0.130 e. The summed E-state index contributed by atoms with van der Waals surface area (Å²) in [6, 6.07) is 21.2. The quantitative estimate of drug-likeness (QED) is 0.538. The van der Waals surface area contributed by atoms with E-state index in [1.165, 1.54) is 27.5 Å². The van der Waals surface area contributed by atoms with Crippen LogP contribution in [0.3, 0.4) is 0 Å². The minimum Gasteiger partial charge on any atom is -0.480 e. The molecule has 1 aliphatic rings.